The number of aliphatic hydroxyl groups is 1. The Morgan fingerprint density at radius 3 is 2.50 bits per heavy atom. The Morgan fingerprint density at radius 1 is 1.25 bits per heavy atom. The van der Waals surface area contributed by atoms with Crippen molar-refractivity contribution in [1.29, 1.82) is 0 Å². The minimum atomic E-state index is -1.23. The summed E-state index contributed by atoms with van der Waals surface area (Å²) < 4.78 is 32.4. The van der Waals surface area contributed by atoms with E-state index in [1.165, 1.54) is 13.2 Å². The number of hydrogen-bond acceptors (Lipinski definition) is 3. The summed E-state index contributed by atoms with van der Waals surface area (Å²) in [5.41, 5.74) is -0.995. The van der Waals surface area contributed by atoms with E-state index >= 15 is 0 Å². The molecule has 1 aromatic carbocycles. The highest BCUT2D eigenvalue weighted by molar-refractivity contribution is 5.40. The molecule has 5 heteroatoms. The van der Waals surface area contributed by atoms with Gasteiger partial charge in [0.15, 0.2) is 11.6 Å². The highest BCUT2D eigenvalue weighted by Gasteiger charge is 2.44. The molecule has 0 spiro atoms. The molecule has 2 unspecified atom stereocenters. The lowest BCUT2D eigenvalue weighted by molar-refractivity contribution is -0.0378. The summed E-state index contributed by atoms with van der Waals surface area (Å²) in [6, 6.07) is 2.38. The van der Waals surface area contributed by atoms with Gasteiger partial charge in [0.25, 0.3) is 0 Å². The summed E-state index contributed by atoms with van der Waals surface area (Å²) in [6.07, 6.45) is 4.02. The maximum absolute atomic E-state index is 13.8. The van der Waals surface area contributed by atoms with Crippen molar-refractivity contribution < 1.29 is 18.6 Å². The summed E-state index contributed by atoms with van der Waals surface area (Å²) in [5.74, 6) is -1.50. The Balaban J connectivity index is 2.03. The van der Waals surface area contributed by atoms with Gasteiger partial charge in [0.1, 0.15) is 5.82 Å². The summed E-state index contributed by atoms with van der Waals surface area (Å²) in [7, 11) is 1.34. The minimum absolute atomic E-state index is 0.0473. The maximum Gasteiger partial charge on any atom is 0.168 e. The van der Waals surface area contributed by atoms with Gasteiger partial charge in [-0.05, 0) is 31.7 Å². The lowest BCUT2D eigenvalue weighted by atomic mass is 9.73. The zero-order valence-electron chi connectivity index (χ0n) is 11.5. The van der Waals surface area contributed by atoms with Crippen molar-refractivity contribution in [3.8, 4) is 5.75 Å². The van der Waals surface area contributed by atoms with Crippen LogP contribution in [0.1, 0.15) is 37.7 Å². The molecule has 2 fully saturated rings. The van der Waals surface area contributed by atoms with E-state index in [2.05, 4.69) is 5.32 Å². The van der Waals surface area contributed by atoms with Crippen LogP contribution in [0.25, 0.3) is 0 Å². The molecule has 0 amide bonds. The summed E-state index contributed by atoms with van der Waals surface area (Å²) in [4.78, 5) is 0. The molecule has 0 radical (unpaired) electrons. The zero-order chi connectivity index (χ0) is 14.3. The van der Waals surface area contributed by atoms with Gasteiger partial charge in [0.05, 0.1) is 12.7 Å². The molecule has 0 aromatic heterocycles. The molecule has 0 aliphatic carbocycles. The third-order valence-electron chi connectivity index (χ3n) is 4.46. The number of nitrogens with one attached hydrogen (secondary N) is 1. The fourth-order valence-electron chi connectivity index (χ4n) is 3.66. The van der Waals surface area contributed by atoms with Gasteiger partial charge in [-0.25, -0.2) is 8.78 Å². The Bertz CT molecular complexity index is 509. The molecular weight excluding hydrogens is 264 g/mol. The maximum atomic E-state index is 13.8. The number of hydrogen-bond donors (Lipinski definition) is 2. The highest BCUT2D eigenvalue weighted by Crippen LogP contribution is 2.43. The quantitative estimate of drug-likeness (QED) is 0.876. The van der Waals surface area contributed by atoms with E-state index < -0.39 is 17.2 Å². The van der Waals surface area contributed by atoms with Crippen LogP contribution in [0, 0.1) is 11.6 Å². The van der Waals surface area contributed by atoms with Crippen molar-refractivity contribution in [3.05, 3.63) is 29.3 Å². The fourth-order valence-corrected chi connectivity index (χ4v) is 3.66. The minimum Gasteiger partial charge on any atom is -0.493 e. The van der Waals surface area contributed by atoms with Gasteiger partial charge in [-0.2, -0.15) is 0 Å². The Hall–Kier alpha value is -1.20. The number of ether oxygens (including phenoxy) is 1. The number of benzene rings is 1. The molecule has 2 heterocycles. The third kappa shape index (κ3) is 2.29. The summed E-state index contributed by atoms with van der Waals surface area (Å²) in [5, 5.41) is 14.4. The molecule has 2 N–H and O–H groups in total. The molecule has 2 bridgehead atoms. The second-order valence-corrected chi connectivity index (χ2v) is 5.90. The van der Waals surface area contributed by atoms with Gasteiger partial charge in [0, 0.05) is 23.7 Å². The monoisotopic (exact) mass is 283 g/mol. The number of methoxy groups -OCH3 is 1. The van der Waals surface area contributed by atoms with Gasteiger partial charge >= 0.3 is 0 Å². The first-order valence-electron chi connectivity index (χ1n) is 7.04. The normalized spacial score (nSPS) is 33.0. The van der Waals surface area contributed by atoms with Crippen LogP contribution in [-0.4, -0.2) is 24.3 Å². The molecule has 3 nitrogen and oxygen atoms in total. The molecule has 2 saturated heterocycles. The highest BCUT2D eigenvalue weighted by atomic mass is 19.1. The molecule has 3 rings (SSSR count). The van der Waals surface area contributed by atoms with Crippen LogP contribution in [-0.2, 0) is 5.60 Å². The second-order valence-electron chi connectivity index (χ2n) is 5.90. The largest absolute Gasteiger partial charge is 0.493 e. The van der Waals surface area contributed by atoms with Crippen LogP contribution < -0.4 is 10.1 Å². The molecule has 2 atom stereocenters. The number of rotatable bonds is 2. The summed E-state index contributed by atoms with van der Waals surface area (Å²) >= 11 is 0. The second kappa shape index (κ2) is 4.97. The average Bonchev–Trinajstić information content (AvgIpc) is 2.37. The fraction of sp³-hybridized carbons (Fsp3) is 0.600. The van der Waals surface area contributed by atoms with Gasteiger partial charge in [-0.1, -0.05) is 6.42 Å². The van der Waals surface area contributed by atoms with Gasteiger partial charge in [0.2, 0.25) is 0 Å². The lowest BCUT2D eigenvalue weighted by Gasteiger charge is -2.45. The lowest BCUT2D eigenvalue weighted by Crippen LogP contribution is -2.54. The molecule has 2 aliphatic rings. The van der Waals surface area contributed by atoms with E-state index in [9.17, 15) is 13.9 Å². The van der Waals surface area contributed by atoms with Gasteiger partial charge < -0.3 is 15.2 Å². The number of piperidine rings is 2. The number of halogens is 2. The Labute approximate surface area is 116 Å². The average molecular weight is 283 g/mol. The van der Waals surface area contributed by atoms with Crippen molar-refractivity contribution in [2.45, 2.75) is 49.8 Å². The summed E-state index contributed by atoms with van der Waals surface area (Å²) in [6.45, 7) is 0. The van der Waals surface area contributed by atoms with Gasteiger partial charge in [-0.15, -0.1) is 0 Å². The molecular formula is C15H19F2NO2. The van der Waals surface area contributed by atoms with Crippen LogP contribution in [0.3, 0.4) is 0 Å². The third-order valence-corrected chi connectivity index (χ3v) is 4.46. The predicted octanol–water partition coefficient (Wildman–Crippen LogP) is 2.47. The van der Waals surface area contributed by atoms with Crippen molar-refractivity contribution >= 4 is 0 Å². The Kier molecular flexibility index (Phi) is 3.42. The zero-order valence-corrected chi connectivity index (χ0v) is 11.5. The smallest absolute Gasteiger partial charge is 0.168 e. The van der Waals surface area contributed by atoms with Crippen molar-refractivity contribution in [3.63, 3.8) is 0 Å². The first kappa shape index (κ1) is 13.8. The van der Waals surface area contributed by atoms with E-state index in [4.69, 9.17) is 4.74 Å². The van der Waals surface area contributed by atoms with Crippen LogP contribution in [0.4, 0.5) is 8.78 Å². The van der Waals surface area contributed by atoms with E-state index in [0.29, 0.717) is 12.8 Å². The first-order chi connectivity index (χ1) is 9.51. The number of fused-ring (bicyclic) bond motifs is 2. The molecule has 2 aliphatic heterocycles. The first-order valence-corrected chi connectivity index (χ1v) is 7.04. The van der Waals surface area contributed by atoms with Crippen LogP contribution >= 0.6 is 0 Å². The molecule has 1 aromatic rings. The van der Waals surface area contributed by atoms with Crippen molar-refractivity contribution in [2.24, 2.45) is 0 Å². The van der Waals surface area contributed by atoms with E-state index in [1.807, 2.05) is 0 Å². The van der Waals surface area contributed by atoms with E-state index in [0.717, 1.165) is 25.3 Å². The Morgan fingerprint density at radius 2 is 1.90 bits per heavy atom. The molecule has 0 saturated carbocycles. The van der Waals surface area contributed by atoms with E-state index in [-0.39, 0.29) is 23.4 Å². The standard InChI is InChI=1S/C15H19F2NO2/c1-20-14-12(5-9(16)6-13(14)17)15(19)7-10-3-2-4-11(8-15)18-10/h5-6,10-11,18-19H,2-4,7-8H2,1H3. The topological polar surface area (TPSA) is 41.5 Å². The SMILES string of the molecule is COc1c(F)cc(F)cc1C1(O)CC2CCCC(C1)N2. The van der Waals surface area contributed by atoms with Crippen molar-refractivity contribution in [1.82, 2.24) is 5.32 Å². The van der Waals surface area contributed by atoms with E-state index in [1.54, 1.807) is 0 Å². The predicted molar refractivity (Wildman–Crippen MR) is 70.6 cm³/mol. The molecule has 20 heavy (non-hydrogen) atoms. The molecule has 110 valence electrons. The van der Waals surface area contributed by atoms with Crippen LogP contribution in [0.15, 0.2) is 12.1 Å². The van der Waals surface area contributed by atoms with Crippen molar-refractivity contribution in [2.75, 3.05) is 7.11 Å². The van der Waals surface area contributed by atoms with Crippen LogP contribution in [0.5, 0.6) is 5.75 Å². The van der Waals surface area contributed by atoms with Gasteiger partial charge in [-0.3, -0.25) is 0 Å². The van der Waals surface area contributed by atoms with Crippen LogP contribution in [0.2, 0.25) is 0 Å².